The second-order valence-corrected chi connectivity index (χ2v) is 8.06. The van der Waals surface area contributed by atoms with Crippen molar-refractivity contribution in [1.29, 1.82) is 0 Å². The third kappa shape index (κ3) is 11.7. The van der Waals surface area contributed by atoms with Crippen LogP contribution in [0.15, 0.2) is 0 Å². The van der Waals surface area contributed by atoms with Gasteiger partial charge in [-0.1, -0.05) is 20.3 Å². The molecule has 0 aliphatic heterocycles. The summed E-state index contributed by atoms with van der Waals surface area (Å²) in [6.07, 6.45) is 4.06. The second-order valence-electron chi connectivity index (χ2n) is 7.08. The normalized spacial score (nSPS) is 14.0. The molecule has 0 radical (unpaired) electrons. The summed E-state index contributed by atoms with van der Waals surface area (Å²) in [4.78, 5) is 47.8. The molecule has 11 heteroatoms. The zero-order chi connectivity index (χ0) is 22.4. The van der Waals surface area contributed by atoms with Gasteiger partial charge in [0, 0.05) is 0 Å². The molecule has 8 N–H and O–H groups in total. The number of carboxylic acids is 1. The highest BCUT2D eigenvalue weighted by Gasteiger charge is 2.27. The van der Waals surface area contributed by atoms with Gasteiger partial charge in [0.1, 0.15) is 12.1 Å². The quantitative estimate of drug-likeness (QED) is 0.179. The van der Waals surface area contributed by atoms with E-state index >= 15 is 0 Å². The Morgan fingerprint density at radius 3 is 2.21 bits per heavy atom. The summed E-state index contributed by atoms with van der Waals surface area (Å²) in [5, 5.41) is 16.6. The van der Waals surface area contributed by atoms with Gasteiger partial charge in [-0.25, -0.2) is 4.79 Å². The number of carboxylic acid groups (broad SMARTS) is 1. The van der Waals surface area contributed by atoms with E-state index in [1.807, 2.05) is 6.26 Å². The molecule has 0 saturated carbocycles. The number of hydrogen-bond acceptors (Lipinski definition) is 7. The van der Waals surface area contributed by atoms with Crippen LogP contribution in [0.25, 0.3) is 0 Å². The highest BCUT2D eigenvalue weighted by atomic mass is 32.2. The monoisotopic (exact) mass is 433 g/mol. The molecular weight excluding hydrogens is 398 g/mol. The Balaban J connectivity index is 4.64. The Kier molecular flexibility index (Phi) is 14.1. The molecule has 0 heterocycles. The van der Waals surface area contributed by atoms with E-state index in [-0.39, 0.29) is 18.9 Å². The Labute approximate surface area is 176 Å². The van der Waals surface area contributed by atoms with Crippen molar-refractivity contribution in [2.75, 3.05) is 25.1 Å². The highest BCUT2D eigenvalue weighted by Crippen LogP contribution is 2.05. The average molecular weight is 434 g/mol. The Bertz CT molecular complexity index is 547. The van der Waals surface area contributed by atoms with E-state index in [2.05, 4.69) is 16.0 Å². The fourth-order valence-corrected chi connectivity index (χ4v) is 2.92. The van der Waals surface area contributed by atoms with Crippen molar-refractivity contribution in [3.8, 4) is 0 Å². The van der Waals surface area contributed by atoms with Crippen LogP contribution in [0.3, 0.4) is 0 Å². The Hall–Kier alpha value is -1.85. The summed E-state index contributed by atoms with van der Waals surface area (Å²) >= 11 is 1.47. The first-order valence-corrected chi connectivity index (χ1v) is 11.1. The number of rotatable bonds is 15. The van der Waals surface area contributed by atoms with E-state index in [1.54, 1.807) is 13.8 Å². The molecule has 0 saturated heterocycles. The second kappa shape index (κ2) is 15.1. The van der Waals surface area contributed by atoms with Crippen molar-refractivity contribution in [2.24, 2.45) is 17.4 Å². The van der Waals surface area contributed by atoms with E-state index in [1.165, 1.54) is 11.8 Å². The molecule has 0 aliphatic carbocycles. The van der Waals surface area contributed by atoms with Gasteiger partial charge in [-0.15, -0.1) is 0 Å². The molecule has 0 rings (SSSR count). The number of aliphatic carboxylic acids is 1. The SMILES string of the molecule is CSCCC(NC(=O)CNC(=O)C(NC(=O)C(N)CCCCN)C(C)C)C(=O)O. The fraction of sp³-hybridized carbons (Fsp3) is 0.778. The lowest BCUT2D eigenvalue weighted by Gasteiger charge is -2.23. The van der Waals surface area contributed by atoms with Crippen molar-refractivity contribution >= 4 is 35.5 Å². The molecule has 0 bridgehead atoms. The molecule has 0 aromatic carbocycles. The van der Waals surface area contributed by atoms with Gasteiger partial charge in [0.15, 0.2) is 0 Å². The van der Waals surface area contributed by atoms with Crippen LogP contribution in [0.4, 0.5) is 0 Å². The molecule has 0 aliphatic rings. The van der Waals surface area contributed by atoms with Gasteiger partial charge in [-0.3, -0.25) is 14.4 Å². The third-order valence-corrected chi connectivity index (χ3v) is 4.86. The third-order valence-electron chi connectivity index (χ3n) is 4.22. The lowest BCUT2D eigenvalue weighted by atomic mass is 10.0. The number of hydrogen-bond donors (Lipinski definition) is 6. The minimum atomic E-state index is -1.13. The molecule has 10 nitrogen and oxygen atoms in total. The van der Waals surface area contributed by atoms with E-state index in [4.69, 9.17) is 16.6 Å². The number of nitrogens with one attached hydrogen (secondary N) is 3. The van der Waals surface area contributed by atoms with Crippen molar-refractivity contribution in [3.05, 3.63) is 0 Å². The number of carbonyl (C=O) groups excluding carboxylic acids is 3. The van der Waals surface area contributed by atoms with Crippen molar-refractivity contribution in [3.63, 3.8) is 0 Å². The summed E-state index contributed by atoms with van der Waals surface area (Å²) in [6, 6.07) is -2.62. The predicted molar refractivity (Wildman–Crippen MR) is 113 cm³/mol. The van der Waals surface area contributed by atoms with Crippen LogP contribution < -0.4 is 27.4 Å². The van der Waals surface area contributed by atoms with E-state index in [0.717, 1.165) is 6.42 Å². The fourth-order valence-electron chi connectivity index (χ4n) is 2.45. The van der Waals surface area contributed by atoms with Gasteiger partial charge in [0.25, 0.3) is 0 Å². The highest BCUT2D eigenvalue weighted by molar-refractivity contribution is 7.98. The van der Waals surface area contributed by atoms with Gasteiger partial charge in [-0.05, 0) is 43.7 Å². The first-order chi connectivity index (χ1) is 13.6. The van der Waals surface area contributed by atoms with Gasteiger partial charge in [-0.2, -0.15) is 11.8 Å². The van der Waals surface area contributed by atoms with Crippen molar-refractivity contribution in [1.82, 2.24) is 16.0 Å². The number of unbranched alkanes of at least 4 members (excludes halogenated alkanes) is 1. The molecule has 3 amide bonds. The summed E-state index contributed by atoms with van der Waals surface area (Å²) in [5.41, 5.74) is 11.3. The zero-order valence-corrected chi connectivity index (χ0v) is 18.2. The molecule has 168 valence electrons. The molecule has 0 spiro atoms. The molecule has 0 fully saturated rings. The smallest absolute Gasteiger partial charge is 0.326 e. The largest absolute Gasteiger partial charge is 0.480 e. The number of nitrogens with two attached hydrogens (primary N) is 2. The standard InChI is InChI=1S/C18H35N5O5S/c1-11(2)15(23-16(25)12(20)6-4-5-8-19)17(26)21-10-14(24)22-13(18(27)28)7-9-29-3/h11-13,15H,4-10,19-20H2,1-3H3,(H,21,26)(H,22,24)(H,23,25)(H,27,28). The summed E-state index contributed by atoms with van der Waals surface area (Å²) < 4.78 is 0. The van der Waals surface area contributed by atoms with Crippen LogP contribution in [0.1, 0.15) is 39.5 Å². The van der Waals surface area contributed by atoms with E-state index < -0.39 is 41.8 Å². The first kappa shape index (κ1) is 27.1. The summed E-state index contributed by atoms with van der Waals surface area (Å²) in [5.74, 6) is -2.37. The number of carbonyl (C=O) groups is 4. The minimum Gasteiger partial charge on any atom is -0.480 e. The minimum absolute atomic E-state index is 0.230. The zero-order valence-electron chi connectivity index (χ0n) is 17.4. The molecule has 29 heavy (non-hydrogen) atoms. The maximum Gasteiger partial charge on any atom is 0.326 e. The van der Waals surface area contributed by atoms with Crippen LogP contribution in [0.5, 0.6) is 0 Å². The van der Waals surface area contributed by atoms with E-state index in [9.17, 15) is 19.2 Å². The molecule has 3 atom stereocenters. The van der Waals surface area contributed by atoms with Gasteiger partial charge in [0.2, 0.25) is 17.7 Å². The van der Waals surface area contributed by atoms with Gasteiger partial charge >= 0.3 is 5.97 Å². The van der Waals surface area contributed by atoms with Gasteiger partial charge < -0.3 is 32.5 Å². The maximum atomic E-state index is 12.4. The summed E-state index contributed by atoms with van der Waals surface area (Å²) in [6.45, 7) is 3.65. The van der Waals surface area contributed by atoms with Crippen LogP contribution in [0.2, 0.25) is 0 Å². The molecular formula is C18H35N5O5S. The Morgan fingerprint density at radius 2 is 1.69 bits per heavy atom. The van der Waals surface area contributed by atoms with Crippen LogP contribution in [-0.4, -0.2) is 72.0 Å². The van der Waals surface area contributed by atoms with Crippen LogP contribution >= 0.6 is 11.8 Å². The number of amides is 3. The van der Waals surface area contributed by atoms with Crippen LogP contribution in [-0.2, 0) is 19.2 Å². The molecule has 0 aromatic heterocycles. The number of thioether (sulfide) groups is 1. The first-order valence-electron chi connectivity index (χ1n) is 9.68. The van der Waals surface area contributed by atoms with Crippen LogP contribution in [0, 0.1) is 5.92 Å². The lowest BCUT2D eigenvalue weighted by Crippen LogP contribution is -2.55. The maximum absolute atomic E-state index is 12.4. The molecule has 0 aromatic rings. The average Bonchev–Trinajstić information content (AvgIpc) is 2.66. The Morgan fingerprint density at radius 1 is 1.03 bits per heavy atom. The van der Waals surface area contributed by atoms with Crippen molar-refractivity contribution in [2.45, 2.75) is 57.7 Å². The van der Waals surface area contributed by atoms with Crippen molar-refractivity contribution < 1.29 is 24.3 Å². The lowest BCUT2D eigenvalue weighted by molar-refractivity contribution is -0.141. The summed E-state index contributed by atoms with van der Waals surface area (Å²) in [7, 11) is 0. The topological polar surface area (TPSA) is 177 Å². The van der Waals surface area contributed by atoms with E-state index in [0.29, 0.717) is 25.1 Å². The molecule has 3 unspecified atom stereocenters. The van der Waals surface area contributed by atoms with Gasteiger partial charge in [0.05, 0.1) is 12.6 Å². The predicted octanol–water partition coefficient (Wildman–Crippen LogP) is -0.978.